The maximum atomic E-state index is 11.7. The fourth-order valence-electron chi connectivity index (χ4n) is 1.22. The maximum absolute atomic E-state index is 11.7. The summed E-state index contributed by atoms with van der Waals surface area (Å²) in [5.74, 6) is -0.372. The fourth-order valence-corrected chi connectivity index (χ4v) is 2.29. The number of carbonyl (C=O) groups is 1. The highest BCUT2D eigenvalue weighted by molar-refractivity contribution is 7.89. The minimum Gasteiger partial charge on any atom is -0.442 e. The number of carbonyl (C=O) groups excluding carboxylic acids is 1. The van der Waals surface area contributed by atoms with Gasteiger partial charge in [0, 0.05) is 5.02 Å². The summed E-state index contributed by atoms with van der Waals surface area (Å²) in [6, 6.07) is 6.26. The Balaban J connectivity index is 2.67. The second-order valence-corrected chi connectivity index (χ2v) is 7.00. The SMILES string of the molecule is CC(C)(C)OC(=O)[N]S(=O)(=O)Cc1ccc(Cl)cc1. The minimum atomic E-state index is -3.91. The molecule has 0 spiro atoms. The third kappa shape index (κ3) is 6.45. The zero-order valence-corrected chi connectivity index (χ0v) is 12.5. The van der Waals surface area contributed by atoms with Crippen molar-refractivity contribution in [1.82, 2.24) is 4.72 Å². The number of sulfonamides is 1. The number of benzene rings is 1. The topological polar surface area (TPSA) is 74.5 Å². The summed E-state index contributed by atoms with van der Waals surface area (Å²) in [6.45, 7) is 4.89. The quantitative estimate of drug-likeness (QED) is 0.860. The predicted octanol–water partition coefficient (Wildman–Crippen LogP) is 2.71. The zero-order valence-electron chi connectivity index (χ0n) is 10.9. The number of hydrogen-bond acceptors (Lipinski definition) is 4. The van der Waals surface area contributed by atoms with Gasteiger partial charge < -0.3 is 4.74 Å². The molecule has 0 bridgehead atoms. The highest BCUT2D eigenvalue weighted by Gasteiger charge is 2.23. The third-order valence-electron chi connectivity index (χ3n) is 1.87. The van der Waals surface area contributed by atoms with Gasteiger partial charge in [0.2, 0.25) is 0 Å². The van der Waals surface area contributed by atoms with E-state index in [1.165, 1.54) is 0 Å². The molecule has 19 heavy (non-hydrogen) atoms. The average molecular weight is 305 g/mol. The van der Waals surface area contributed by atoms with Gasteiger partial charge >= 0.3 is 6.09 Å². The molecule has 105 valence electrons. The van der Waals surface area contributed by atoms with Gasteiger partial charge in [-0.2, -0.15) is 0 Å². The molecule has 5 nitrogen and oxygen atoms in total. The molecule has 1 rings (SSSR count). The molecule has 0 aliphatic rings. The molecule has 0 fully saturated rings. The summed E-state index contributed by atoms with van der Waals surface area (Å²) in [4.78, 5) is 11.3. The number of nitrogens with zero attached hydrogens (tertiary/aromatic N) is 1. The van der Waals surface area contributed by atoms with Crippen molar-refractivity contribution in [2.24, 2.45) is 0 Å². The molecule has 1 aromatic carbocycles. The largest absolute Gasteiger partial charge is 0.445 e. The Morgan fingerprint density at radius 2 is 1.79 bits per heavy atom. The molecule has 0 heterocycles. The highest BCUT2D eigenvalue weighted by Crippen LogP contribution is 2.13. The van der Waals surface area contributed by atoms with Crippen LogP contribution in [0.25, 0.3) is 0 Å². The van der Waals surface area contributed by atoms with Crippen molar-refractivity contribution in [1.29, 1.82) is 0 Å². The Hall–Kier alpha value is -1.27. The van der Waals surface area contributed by atoms with Crippen molar-refractivity contribution in [2.75, 3.05) is 0 Å². The second-order valence-electron chi connectivity index (χ2n) is 4.92. The maximum Gasteiger partial charge on any atom is 0.445 e. The second kappa shape index (κ2) is 5.79. The van der Waals surface area contributed by atoms with Gasteiger partial charge in [-0.15, -0.1) is 0 Å². The first-order chi connectivity index (χ1) is 8.57. The summed E-state index contributed by atoms with van der Waals surface area (Å²) in [7, 11) is -3.91. The number of rotatable bonds is 3. The van der Waals surface area contributed by atoms with Crippen LogP contribution in [0.3, 0.4) is 0 Å². The van der Waals surface area contributed by atoms with Crippen LogP contribution in [0, 0.1) is 0 Å². The lowest BCUT2D eigenvalue weighted by molar-refractivity contribution is 0.0565. The van der Waals surface area contributed by atoms with Crippen molar-refractivity contribution in [2.45, 2.75) is 32.1 Å². The van der Waals surface area contributed by atoms with E-state index in [0.717, 1.165) is 0 Å². The molecular weight excluding hydrogens is 290 g/mol. The number of halogens is 1. The summed E-state index contributed by atoms with van der Waals surface area (Å²) < 4.78 is 31.3. The van der Waals surface area contributed by atoms with E-state index in [9.17, 15) is 13.2 Å². The molecule has 1 radical (unpaired) electrons. The van der Waals surface area contributed by atoms with Gasteiger partial charge in [-0.1, -0.05) is 28.5 Å². The van der Waals surface area contributed by atoms with Crippen LogP contribution in [-0.2, 0) is 20.5 Å². The summed E-state index contributed by atoms with van der Waals surface area (Å²) in [6.07, 6.45) is -1.11. The molecule has 0 saturated heterocycles. The average Bonchev–Trinajstić information content (AvgIpc) is 2.17. The zero-order chi connectivity index (χ0) is 14.7. The Morgan fingerprint density at radius 1 is 1.26 bits per heavy atom. The first-order valence-corrected chi connectivity index (χ1v) is 7.49. The van der Waals surface area contributed by atoms with Crippen molar-refractivity contribution >= 4 is 27.7 Å². The van der Waals surface area contributed by atoms with Crippen molar-refractivity contribution < 1.29 is 17.9 Å². The van der Waals surface area contributed by atoms with E-state index >= 15 is 0 Å². The molecular formula is C12H15ClNO4S. The van der Waals surface area contributed by atoms with Crippen LogP contribution >= 0.6 is 11.6 Å². The minimum absolute atomic E-state index is 0.372. The lowest BCUT2D eigenvalue weighted by Crippen LogP contribution is -2.32. The van der Waals surface area contributed by atoms with E-state index in [0.29, 0.717) is 10.6 Å². The van der Waals surface area contributed by atoms with Gasteiger partial charge in [0.05, 0.1) is 5.75 Å². The molecule has 0 atom stereocenters. The predicted molar refractivity (Wildman–Crippen MR) is 72.4 cm³/mol. The number of ether oxygens (including phenoxy) is 1. The molecule has 1 amide bonds. The lowest BCUT2D eigenvalue weighted by atomic mass is 10.2. The normalized spacial score (nSPS) is 12.0. The van der Waals surface area contributed by atoms with E-state index in [4.69, 9.17) is 16.3 Å². The van der Waals surface area contributed by atoms with Gasteiger partial charge in [-0.25, -0.2) is 13.2 Å². The third-order valence-corrected chi connectivity index (χ3v) is 3.25. The van der Waals surface area contributed by atoms with Crippen molar-refractivity contribution in [3.8, 4) is 0 Å². The van der Waals surface area contributed by atoms with Gasteiger partial charge in [-0.05, 0) is 38.5 Å². The molecule has 0 unspecified atom stereocenters. The smallest absolute Gasteiger partial charge is 0.442 e. The van der Waals surface area contributed by atoms with Gasteiger partial charge in [0.1, 0.15) is 5.60 Å². The number of hydrogen-bond donors (Lipinski definition) is 0. The van der Waals surface area contributed by atoms with Crippen LogP contribution < -0.4 is 4.72 Å². The summed E-state index contributed by atoms with van der Waals surface area (Å²) in [5.41, 5.74) is -0.284. The molecule has 0 saturated carbocycles. The molecule has 0 aliphatic heterocycles. The van der Waals surface area contributed by atoms with E-state index in [1.807, 2.05) is 0 Å². The summed E-state index contributed by atoms with van der Waals surface area (Å²) in [5, 5.41) is 0.505. The van der Waals surface area contributed by atoms with Crippen LogP contribution in [0.2, 0.25) is 5.02 Å². The molecule has 0 aliphatic carbocycles. The number of amides is 1. The van der Waals surface area contributed by atoms with Crippen LogP contribution in [0.5, 0.6) is 0 Å². The Bertz CT molecular complexity index is 546. The van der Waals surface area contributed by atoms with E-state index in [2.05, 4.69) is 4.72 Å². The van der Waals surface area contributed by atoms with Gasteiger partial charge in [0.15, 0.2) is 0 Å². The standard InChI is InChI=1S/C12H15ClNO4S/c1-12(2,3)18-11(15)14-19(16,17)8-9-4-6-10(13)7-5-9/h4-7H,8H2,1-3H3. The van der Waals surface area contributed by atoms with Crippen molar-refractivity contribution in [3.05, 3.63) is 34.9 Å². The molecule has 1 aromatic rings. The van der Waals surface area contributed by atoms with Crippen molar-refractivity contribution in [3.63, 3.8) is 0 Å². The monoisotopic (exact) mass is 304 g/mol. The van der Waals surface area contributed by atoms with E-state index < -0.39 is 21.7 Å². The Labute approximate surface area is 118 Å². The first-order valence-electron chi connectivity index (χ1n) is 5.50. The fraction of sp³-hybridized carbons (Fsp3) is 0.417. The van der Waals surface area contributed by atoms with Crippen LogP contribution in [0.15, 0.2) is 24.3 Å². The molecule has 0 N–H and O–H groups in total. The first kappa shape index (κ1) is 15.8. The Morgan fingerprint density at radius 3 is 2.26 bits per heavy atom. The lowest BCUT2D eigenvalue weighted by Gasteiger charge is -2.18. The molecule has 7 heteroatoms. The Kier molecular flexibility index (Phi) is 4.81. The van der Waals surface area contributed by atoms with E-state index in [-0.39, 0.29) is 5.75 Å². The van der Waals surface area contributed by atoms with Crippen LogP contribution in [0.4, 0.5) is 4.79 Å². The van der Waals surface area contributed by atoms with Crippen LogP contribution in [-0.4, -0.2) is 20.1 Å². The highest BCUT2D eigenvalue weighted by atomic mass is 35.5. The van der Waals surface area contributed by atoms with E-state index in [1.54, 1.807) is 45.0 Å². The molecule has 0 aromatic heterocycles. The summed E-state index contributed by atoms with van der Waals surface area (Å²) >= 11 is 5.69. The van der Waals surface area contributed by atoms with Gasteiger partial charge in [0.25, 0.3) is 10.0 Å². The van der Waals surface area contributed by atoms with Crippen LogP contribution in [0.1, 0.15) is 26.3 Å². The van der Waals surface area contributed by atoms with Gasteiger partial charge in [-0.3, -0.25) is 0 Å².